The minimum absolute atomic E-state index is 0.155. The zero-order valence-corrected chi connectivity index (χ0v) is 16.9. The second-order valence-electron chi connectivity index (χ2n) is 8.08. The van der Waals surface area contributed by atoms with Crippen molar-refractivity contribution >= 4 is 0 Å². The molecule has 0 saturated carbocycles. The third-order valence-electron chi connectivity index (χ3n) is 6.36. The molecule has 0 radical (unpaired) electrons. The molecule has 1 unspecified atom stereocenters. The van der Waals surface area contributed by atoms with Gasteiger partial charge in [-0.3, -0.25) is 4.90 Å². The maximum Gasteiger partial charge on any atom is 0.123 e. The molecule has 0 bridgehead atoms. The van der Waals surface area contributed by atoms with Crippen molar-refractivity contribution in [1.82, 2.24) is 9.80 Å². The Morgan fingerprint density at radius 2 is 1.79 bits per heavy atom. The van der Waals surface area contributed by atoms with E-state index >= 15 is 0 Å². The van der Waals surface area contributed by atoms with Gasteiger partial charge in [-0.15, -0.1) is 0 Å². The zero-order valence-electron chi connectivity index (χ0n) is 16.9. The Bertz CT molecular complexity index is 769. The van der Waals surface area contributed by atoms with E-state index in [0.29, 0.717) is 6.04 Å². The fraction of sp³-hybridized carbons (Fsp3) is 0.500. The molecule has 1 fully saturated rings. The summed E-state index contributed by atoms with van der Waals surface area (Å²) in [5.74, 6) is 0.821. The van der Waals surface area contributed by atoms with E-state index < -0.39 is 0 Å². The molecule has 0 amide bonds. The molecule has 1 aliphatic carbocycles. The van der Waals surface area contributed by atoms with Crippen LogP contribution >= 0.6 is 0 Å². The van der Waals surface area contributed by atoms with Gasteiger partial charge in [0, 0.05) is 38.8 Å². The van der Waals surface area contributed by atoms with Crippen molar-refractivity contribution in [3.05, 3.63) is 65.0 Å². The van der Waals surface area contributed by atoms with Crippen LogP contribution in [0.4, 0.5) is 4.39 Å². The first-order valence-electron chi connectivity index (χ1n) is 10.6. The molecule has 2 aromatic carbocycles. The van der Waals surface area contributed by atoms with Crippen molar-refractivity contribution in [3.8, 4) is 5.75 Å². The van der Waals surface area contributed by atoms with Gasteiger partial charge in [0.2, 0.25) is 0 Å². The van der Waals surface area contributed by atoms with Crippen molar-refractivity contribution in [3.63, 3.8) is 0 Å². The summed E-state index contributed by atoms with van der Waals surface area (Å²) in [5.41, 5.74) is 4.20. The van der Waals surface area contributed by atoms with Crippen LogP contribution in [0.25, 0.3) is 0 Å². The van der Waals surface area contributed by atoms with Crippen LogP contribution < -0.4 is 4.74 Å². The molecule has 3 nitrogen and oxygen atoms in total. The van der Waals surface area contributed by atoms with Crippen LogP contribution in [0.1, 0.15) is 42.0 Å². The van der Waals surface area contributed by atoms with Crippen LogP contribution in [0.15, 0.2) is 42.5 Å². The maximum atomic E-state index is 13.1. The lowest BCUT2D eigenvalue weighted by Crippen LogP contribution is -2.48. The summed E-state index contributed by atoms with van der Waals surface area (Å²) in [5, 5.41) is 0. The monoisotopic (exact) mass is 382 g/mol. The Labute approximate surface area is 168 Å². The zero-order chi connectivity index (χ0) is 19.3. The van der Waals surface area contributed by atoms with E-state index in [2.05, 4.69) is 28.0 Å². The molecule has 0 N–H and O–H groups in total. The average Bonchev–Trinajstić information content (AvgIpc) is 2.95. The first-order valence-corrected chi connectivity index (χ1v) is 10.6. The fourth-order valence-corrected chi connectivity index (χ4v) is 4.66. The minimum Gasteiger partial charge on any atom is -0.497 e. The maximum absolute atomic E-state index is 13.1. The average molecular weight is 383 g/mol. The van der Waals surface area contributed by atoms with E-state index in [-0.39, 0.29) is 5.82 Å². The van der Waals surface area contributed by atoms with Crippen molar-refractivity contribution in [2.24, 2.45) is 0 Å². The van der Waals surface area contributed by atoms with Gasteiger partial charge in [-0.05, 0) is 66.6 Å². The molecule has 4 heteroatoms. The van der Waals surface area contributed by atoms with Crippen LogP contribution in [0.2, 0.25) is 0 Å². The van der Waals surface area contributed by atoms with Gasteiger partial charge >= 0.3 is 0 Å². The summed E-state index contributed by atoms with van der Waals surface area (Å²) >= 11 is 0. The van der Waals surface area contributed by atoms with Crippen LogP contribution in [-0.2, 0) is 12.8 Å². The standard InChI is InChI=1S/C24H31FN2O/c1-28-22-11-8-20-4-2-3-5-24(23(20)18-22)27-16-14-26(15-17-27)13-12-19-6-9-21(25)10-7-19/h6-11,18,24H,2-5,12-17H2,1H3. The Morgan fingerprint density at radius 3 is 2.54 bits per heavy atom. The van der Waals surface area contributed by atoms with E-state index in [1.165, 1.54) is 42.4 Å². The largest absolute Gasteiger partial charge is 0.497 e. The SMILES string of the molecule is COc1ccc2c(c1)C(N1CCN(CCc3ccc(F)cc3)CC1)CCCC2. The van der Waals surface area contributed by atoms with Crippen molar-refractivity contribution in [2.45, 2.75) is 38.1 Å². The van der Waals surface area contributed by atoms with E-state index in [4.69, 9.17) is 4.74 Å². The Balaban J connectivity index is 1.36. The molecule has 1 heterocycles. The summed E-state index contributed by atoms with van der Waals surface area (Å²) in [7, 11) is 1.76. The number of fused-ring (bicyclic) bond motifs is 1. The summed E-state index contributed by atoms with van der Waals surface area (Å²) in [6.07, 6.45) is 6.01. The number of aryl methyl sites for hydroxylation is 1. The normalized spacial score (nSPS) is 21.1. The highest BCUT2D eigenvalue weighted by Crippen LogP contribution is 2.35. The molecule has 1 atom stereocenters. The van der Waals surface area contributed by atoms with Crippen LogP contribution in [0.3, 0.4) is 0 Å². The molecular weight excluding hydrogens is 351 g/mol. The van der Waals surface area contributed by atoms with Gasteiger partial charge < -0.3 is 9.64 Å². The Hall–Kier alpha value is -1.91. The summed E-state index contributed by atoms with van der Waals surface area (Å²) in [4.78, 5) is 5.22. The third-order valence-corrected chi connectivity index (χ3v) is 6.36. The topological polar surface area (TPSA) is 15.7 Å². The number of hydrogen-bond acceptors (Lipinski definition) is 3. The third kappa shape index (κ3) is 4.56. The van der Waals surface area contributed by atoms with E-state index in [9.17, 15) is 4.39 Å². The first-order chi connectivity index (χ1) is 13.7. The molecule has 28 heavy (non-hydrogen) atoms. The Kier molecular flexibility index (Phi) is 6.28. The molecule has 0 spiro atoms. The van der Waals surface area contributed by atoms with Gasteiger partial charge in [-0.2, -0.15) is 0 Å². The van der Waals surface area contributed by atoms with Crippen LogP contribution in [-0.4, -0.2) is 49.6 Å². The van der Waals surface area contributed by atoms with Crippen molar-refractivity contribution in [1.29, 1.82) is 0 Å². The van der Waals surface area contributed by atoms with Gasteiger partial charge in [0.15, 0.2) is 0 Å². The van der Waals surface area contributed by atoms with Gasteiger partial charge in [0.25, 0.3) is 0 Å². The van der Waals surface area contributed by atoms with Gasteiger partial charge in [0.05, 0.1) is 7.11 Å². The van der Waals surface area contributed by atoms with Crippen LogP contribution in [0.5, 0.6) is 5.75 Å². The van der Waals surface area contributed by atoms with E-state index in [0.717, 1.165) is 44.9 Å². The molecule has 4 rings (SSSR count). The number of rotatable bonds is 5. The first kappa shape index (κ1) is 19.4. The molecule has 0 aromatic heterocycles. The highest BCUT2D eigenvalue weighted by atomic mass is 19.1. The predicted octanol–water partition coefficient (Wildman–Crippen LogP) is 4.46. The highest BCUT2D eigenvalue weighted by molar-refractivity contribution is 5.38. The van der Waals surface area contributed by atoms with Gasteiger partial charge in [0.1, 0.15) is 11.6 Å². The molecule has 150 valence electrons. The lowest BCUT2D eigenvalue weighted by atomic mass is 9.96. The number of halogens is 1. The van der Waals surface area contributed by atoms with E-state index in [1.54, 1.807) is 19.2 Å². The van der Waals surface area contributed by atoms with E-state index in [1.807, 2.05) is 12.1 Å². The number of ether oxygens (including phenoxy) is 1. The number of benzene rings is 2. The number of methoxy groups -OCH3 is 1. The number of piperazine rings is 1. The lowest BCUT2D eigenvalue weighted by molar-refractivity contribution is 0.0921. The molecule has 2 aromatic rings. The number of hydrogen-bond donors (Lipinski definition) is 0. The molecule has 1 saturated heterocycles. The molecule has 2 aliphatic rings. The van der Waals surface area contributed by atoms with Gasteiger partial charge in [-0.25, -0.2) is 4.39 Å². The van der Waals surface area contributed by atoms with Crippen LogP contribution in [0, 0.1) is 5.82 Å². The van der Waals surface area contributed by atoms with Gasteiger partial charge in [-0.1, -0.05) is 24.6 Å². The second-order valence-corrected chi connectivity index (χ2v) is 8.08. The van der Waals surface area contributed by atoms with Crippen molar-refractivity contribution < 1.29 is 9.13 Å². The summed E-state index contributed by atoms with van der Waals surface area (Å²) in [6, 6.07) is 14.1. The number of nitrogens with zero attached hydrogens (tertiary/aromatic N) is 2. The minimum atomic E-state index is -0.155. The smallest absolute Gasteiger partial charge is 0.123 e. The fourth-order valence-electron chi connectivity index (χ4n) is 4.66. The molecule has 1 aliphatic heterocycles. The Morgan fingerprint density at radius 1 is 1.00 bits per heavy atom. The predicted molar refractivity (Wildman–Crippen MR) is 111 cm³/mol. The lowest BCUT2D eigenvalue weighted by Gasteiger charge is -2.40. The summed E-state index contributed by atoms with van der Waals surface area (Å²) in [6.45, 7) is 5.50. The summed E-state index contributed by atoms with van der Waals surface area (Å²) < 4.78 is 18.6. The van der Waals surface area contributed by atoms with Crippen molar-refractivity contribution in [2.75, 3.05) is 39.8 Å². The second kappa shape index (κ2) is 9.06. The quantitative estimate of drug-likeness (QED) is 0.710. The highest BCUT2D eigenvalue weighted by Gasteiger charge is 2.28. The molecular formula is C24H31FN2O.